The van der Waals surface area contributed by atoms with Crippen molar-refractivity contribution in [1.29, 1.82) is 5.26 Å². The highest BCUT2D eigenvalue weighted by molar-refractivity contribution is 8.00. The van der Waals surface area contributed by atoms with Gasteiger partial charge in [0.25, 0.3) is 5.91 Å². The van der Waals surface area contributed by atoms with Crippen LogP contribution in [0, 0.1) is 17.2 Å². The fourth-order valence-electron chi connectivity index (χ4n) is 4.71. The molecule has 0 aromatic heterocycles. The van der Waals surface area contributed by atoms with E-state index in [-0.39, 0.29) is 23.8 Å². The fourth-order valence-corrected chi connectivity index (χ4v) is 5.68. The summed E-state index contributed by atoms with van der Waals surface area (Å²) in [6.07, 6.45) is 5.86. The van der Waals surface area contributed by atoms with Gasteiger partial charge in [0, 0.05) is 44.2 Å². The molecule has 1 heterocycles. The lowest BCUT2D eigenvalue weighted by Crippen LogP contribution is -2.52. The molecule has 1 aliphatic heterocycles. The molecule has 2 amide bonds. The highest BCUT2D eigenvalue weighted by Gasteiger charge is 2.29. The first kappa shape index (κ1) is 24.6. The molecule has 0 spiro atoms. The van der Waals surface area contributed by atoms with Gasteiger partial charge in [-0.3, -0.25) is 14.5 Å². The molecule has 174 valence electrons. The first-order chi connectivity index (χ1) is 15.4. The molecule has 6 nitrogen and oxygen atoms in total. The molecule has 1 saturated carbocycles. The Bertz CT molecular complexity index is 823. The topological polar surface area (TPSA) is 67.6 Å². The van der Waals surface area contributed by atoms with Crippen LogP contribution in [0.25, 0.3) is 0 Å². The summed E-state index contributed by atoms with van der Waals surface area (Å²) < 4.78 is 0. The molecule has 1 aliphatic carbocycles. The minimum atomic E-state index is -0.109. The molecule has 2 fully saturated rings. The summed E-state index contributed by atoms with van der Waals surface area (Å²) in [5.41, 5.74) is 0.666. The minimum Gasteiger partial charge on any atom is -0.342 e. The van der Waals surface area contributed by atoms with Gasteiger partial charge in [-0.05, 0) is 30.9 Å². The van der Waals surface area contributed by atoms with E-state index in [1.54, 1.807) is 0 Å². The molecule has 7 heteroatoms. The van der Waals surface area contributed by atoms with Gasteiger partial charge in [-0.2, -0.15) is 5.26 Å². The van der Waals surface area contributed by atoms with E-state index in [2.05, 4.69) is 24.8 Å². The number of hydrogen-bond acceptors (Lipinski definition) is 5. The third kappa shape index (κ3) is 6.05. The summed E-state index contributed by atoms with van der Waals surface area (Å²) in [7, 11) is 1.92. The van der Waals surface area contributed by atoms with Crippen LogP contribution in [0.5, 0.6) is 0 Å². The zero-order valence-electron chi connectivity index (χ0n) is 19.6. The zero-order chi connectivity index (χ0) is 23.1. The molecule has 1 unspecified atom stereocenters. The molecular formula is C25H36N4O2S. The molecule has 0 bridgehead atoms. The average Bonchev–Trinajstić information content (AvgIpc) is 2.83. The van der Waals surface area contributed by atoms with Crippen molar-refractivity contribution in [3.8, 4) is 6.07 Å². The van der Waals surface area contributed by atoms with Crippen LogP contribution in [0.15, 0.2) is 29.2 Å². The Balaban J connectivity index is 1.58. The van der Waals surface area contributed by atoms with Crippen LogP contribution in [0.2, 0.25) is 0 Å². The van der Waals surface area contributed by atoms with Crippen LogP contribution in [0.3, 0.4) is 0 Å². The van der Waals surface area contributed by atoms with Crippen molar-refractivity contribution in [1.82, 2.24) is 14.7 Å². The quantitative estimate of drug-likeness (QED) is 0.583. The van der Waals surface area contributed by atoms with Crippen molar-refractivity contribution in [2.45, 2.75) is 62.9 Å². The molecule has 1 saturated heterocycles. The molecule has 3 rings (SSSR count). The minimum absolute atomic E-state index is 0.0129. The summed E-state index contributed by atoms with van der Waals surface area (Å²) >= 11 is 1.46. The predicted molar refractivity (Wildman–Crippen MR) is 129 cm³/mol. The van der Waals surface area contributed by atoms with Crippen molar-refractivity contribution in [2.24, 2.45) is 5.92 Å². The van der Waals surface area contributed by atoms with Gasteiger partial charge in [0.1, 0.15) is 6.04 Å². The monoisotopic (exact) mass is 456 g/mol. The number of rotatable bonds is 7. The lowest BCUT2D eigenvalue weighted by atomic mass is 9.94. The second-order valence-corrected chi connectivity index (χ2v) is 10.2. The van der Waals surface area contributed by atoms with E-state index in [1.807, 2.05) is 41.1 Å². The third-order valence-corrected chi connectivity index (χ3v) is 7.80. The Labute approximate surface area is 196 Å². The van der Waals surface area contributed by atoms with E-state index >= 15 is 0 Å². The number of piperazine rings is 1. The van der Waals surface area contributed by atoms with Gasteiger partial charge >= 0.3 is 0 Å². The maximum absolute atomic E-state index is 13.3. The van der Waals surface area contributed by atoms with Crippen molar-refractivity contribution in [3.63, 3.8) is 0 Å². The third-order valence-electron chi connectivity index (χ3n) is 6.74. The number of carbonyl (C=O) groups excluding carboxylic acids is 2. The van der Waals surface area contributed by atoms with Crippen LogP contribution in [-0.2, 0) is 4.79 Å². The first-order valence-electron chi connectivity index (χ1n) is 11.8. The number of thioether (sulfide) groups is 1. The highest BCUT2D eigenvalue weighted by Crippen LogP contribution is 2.27. The lowest BCUT2D eigenvalue weighted by molar-refractivity contribution is -0.129. The highest BCUT2D eigenvalue weighted by atomic mass is 32.2. The average molecular weight is 457 g/mol. The number of nitriles is 1. The van der Waals surface area contributed by atoms with E-state index in [0.717, 1.165) is 17.7 Å². The number of amides is 2. The van der Waals surface area contributed by atoms with E-state index in [9.17, 15) is 14.9 Å². The summed E-state index contributed by atoms with van der Waals surface area (Å²) in [6, 6.07) is 10.2. The van der Waals surface area contributed by atoms with Crippen LogP contribution in [0.1, 0.15) is 56.3 Å². The Morgan fingerprint density at radius 3 is 2.41 bits per heavy atom. The molecule has 0 N–H and O–H groups in total. The normalized spacial score (nSPS) is 18.9. The van der Waals surface area contributed by atoms with E-state index in [0.29, 0.717) is 43.5 Å². The largest absolute Gasteiger partial charge is 0.342 e. The Morgan fingerprint density at radius 2 is 1.78 bits per heavy atom. The fraction of sp³-hybridized carbons (Fsp3) is 0.640. The van der Waals surface area contributed by atoms with Crippen molar-refractivity contribution < 1.29 is 9.59 Å². The zero-order valence-corrected chi connectivity index (χ0v) is 20.4. The summed E-state index contributed by atoms with van der Waals surface area (Å²) in [4.78, 5) is 32.8. The van der Waals surface area contributed by atoms with Gasteiger partial charge in [0.05, 0.1) is 17.4 Å². The number of benzene rings is 1. The Hall–Kier alpha value is -2.04. The summed E-state index contributed by atoms with van der Waals surface area (Å²) in [5.74, 6) is 0.764. The number of hydrogen-bond donors (Lipinski definition) is 0. The molecule has 1 atom stereocenters. The van der Waals surface area contributed by atoms with Gasteiger partial charge in [-0.1, -0.05) is 45.2 Å². The molecule has 1 aromatic rings. The smallest absolute Gasteiger partial charge is 0.255 e. The number of nitrogens with zero attached hydrogens (tertiary/aromatic N) is 4. The van der Waals surface area contributed by atoms with E-state index < -0.39 is 0 Å². The molecule has 0 radical (unpaired) electrons. The predicted octanol–water partition coefficient (Wildman–Crippen LogP) is 3.88. The Morgan fingerprint density at radius 1 is 1.12 bits per heavy atom. The molecular weight excluding hydrogens is 420 g/mol. The van der Waals surface area contributed by atoms with E-state index in [1.165, 1.54) is 31.0 Å². The summed E-state index contributed by atoms with van der Waals surface area (Å²) in [6.45, 7) is 6.78. The van der Waals surface area contributed by atoms with Gasteiger partial charge in [-0.15, -0.1) is 11.8 Å². The molecule has 1 aromatic carbocycles. The van der Waals surface area contributed by atoms with Crippen LogP contribution < -0.4 is 0 Å². The van der Waals surface area contributed by atoms with Gasteiger partial charge in [0.2, 0.25) is 5.91 Å². The standard InChI is InChI=1S/C25H36N4O2S/c1-19(2)22(17-26)28-13-15-29(16-14-28)25(31)21-11-7-8-12-23(21)32-18-24(30)27(3)20-9-5-4-6-10-20/h7-8,11-12,19-20,22H,4-6,9-10,13-16,18H2,1-3H3. The van der Waals surface area contributed by atoms with Gasteiger partial charge in [-0.25, -0.2) is 0 Å². The first-order valence-corrected chi connectivity index (χ1v) is 12.8. The maximum atomic E-state index is 13.3. The summed E-state index contributed by atoms with van der Waals surface area (Å²) in [5, 5.41) is 9.46. The molecule has 2 aliphatic rings. The van der Waals surface area contributed by atoms with Crippen LogP contribution >= 0.6 is 11.8 Å². The van der Waals surface area contributed by atoms with Crippen LogP contribution in [0.4, 0.5) is 0 Å². The maximum Gasteiger partial charge on any atom is 0.255 e. The van der Waals surface area contributed by atoms with Crippen molar-refractivity contribution in [3.05, 3.63) is 29.8 Å². The van der Waals surface area contributed by atoms with Crippen molar-refractivity contribution in [2.75, 3.05) is 39.0 Å². The number of carbonyl (C=O) groups is 2. The van der Waals surface area contributed by atoms with Gasteiger partial charge in [0.15, 0.2) is 0 Å². The second-order valence-electron chi connectivity index (χ2n) is 9.23. The van der Waals surface area contributed by atoms with Crippen LogP contribution in [-0.4, -0.2) is 77.6 Å². The SMILES string of the molecule is CC(C)C(C#N)N1CCN(C(=O)c2ccccc2SCC(=O)N(C)C2CCCCC2)CC1. The van der Waals surface area contributed by atoms with Gasteiger partial charge < -0.3 is 9.80 Å². The Kier molecular flexibility index (Phi) is 9.01. The second kappa shape index (κ2) is 11.7. The lowest BCUT2D eigenvalue weighted by Gasteiger charge is -2.38. The van der Waals surface area contributed by atoms with Crippen molar-refractivity contribution >= 4 is 23.6 Å². The molecule has 32 heavy (non-hydrogen) atoms. The van der Waals surface area contributed by atoms with E-state index in [4.69, 9.17) is 0 Å².